The standard InChI is InChI=1S/C22H22N4O3S/c1-15-4-6-18(7-5-15)21(27)12-13-23-19-8-10-20(11-9-19)30(28,29)26-22-24-16(2)14-17(3)25-22/h4-14,23H,1-3H3,(H,24,25,26). The first kappa shape index (κ1) is 21.2. The lowest BCUT2D eigenvalue weighted by Gasteiger charge is -2.09. The Morgan fingerprint density at radius 1 is 0.900 bits per heavy atom. The Morgan fingerprint density at radius 2 is 1.50 bits per heavy atom. The fourth-order valence-electron chi connectivity index (χ4n) is 2.71. The van der Waals surface area contributed by atoms with Gasteiger partial charge in [-0.2, -0.15) is 0 Å². The topological polar surface area (TPSA) is 101 Å². The van der Waals surface area contributed by atoms with Gasteiger partial charge in [-0.3, -0.25) is 4.79 Å². The Morgan fingerprint density at radius 3 is 2.10 bits per heavy atom. The first-order chi connectivity index (χ1) is 14.2. The molecular formula is C22H22N4O3S. The second-order valence-corrected chi connectivity index (χ2v) is 8.49. The second kappa shape index (κ2) is 8.87. The van der Waals surface area contributed by atoms with Gasteiger partial charge in [-0.15, -0.1) is 0 Å². The maximum absolute atomic E-state index is 12.5. The van der Waals surface area contributed by atoms with E-state index < -0.39 is 10.0 Å². The summed E-state index contributed by atoms with van der Waals surface area (Å²) in [5.41, 5.74) is 3.67. The Bertz CT molecular complexity index is 1170. The zero-order valence-corrected chi connectivity index (χ0v) is 17.7. The molecule has 0 aliphatic heterocycles. The molecule has 0 aliphatic rings. The van der Waals surface area contributed by atoms with Gasteiger partial charge in [-0.25, -0.2) is 23.1 Å². The fourth-order valence-corrected chi connectivity index (χ4v) is 3.65. The van der Waals surface area contributed by atoms with Crippen LogP contribution in [-0.4, -0.2) is 24.2 Å². The number of ketones is 1. The number of hydrogen-bond acceptors (Lipinski definition) is 6. The maximum atomic E-state index is 12.5. The third-order valence-electron chi connectivity index (χ3n) is 4.19. The van der Waals surface area contributed by atoms with E-state index in [-0.39, 0.29) is 16.6 Å². The number of nitrogens with zero attached hydrogens (tertiary/aromatic N) is 2. The molecule has 154 valence electrons. The van der Waals surface area contributed by atoms with Crippen LogP contribution >= 0.6 is 0 Å². The second-order valence-electron chi connectivity index (χ2n) is 6.81. The van der Waals surface area contributed by atoms with E-state index in [1.807, 2.05) is 19.1 Å². The summed E-state index contributed by atoms with van der Waals surface area (Å²) < 4.78 is 27.5. The molecule has 0 radical (unpaired) electrons. The van der Waals surface area contributed by atoms with Gasteiger partial charge >= 0.3 is 0 Å². The zero-order valence-electron chi connectivity index (χ0n) is 16.9. The predicted molar refractivity (Wildman–Crippen MR) is 117 cm³/mol. The van der Waals surface area contributed by atoms with Crippen molar-refractivity contribution in [2.75, 3.05) is 10.0 Å². The number of hydrogen-bond donors (Lipinski definition) is 2. The molecule has 2 N–H and O–H groups in total. The molecule has 0 spiro atoms. The van der Waals surface area contributed by atoms with Gasteiger partial charge in [0.15, 0.2) is 5.78 Å². The average molecular weight is 423 g/mol. The number of nitrogens with one attached hydrogen (secondary N) is 2. The van der Waals surface area contributed by atoms with Crippen LogP contribution in [0.1, 0.15) is 27.3 Å². The van der Waals surface area contributed by atoms with Crippen LogP contribution in [0, 0.1) is 20.8 Å². The highest BCUT2D eigenvalue weighted by molar-refractivity contribution is 7.92. The van der Waals surface area contributed by atoms with Crippen LogP contribution in [-0.2, 0) is 10.0 Å². The molecule has 2 aromatic carbocycles. The first-order valence-corrected chi connectivity index (χ1v) is 10.7. The van der Waals surface area contributed by atoms with Crippen LogP contribution in [0.15, 0.2) is 71.8 Å². The molecule has 7 nitrogen and oxygen atoms in total. The predicted octanol–water partition coefficient (Wildman–Crippen LogP) is 4.01. The summed E-state index contributed by atoms with van der Waals surface area (Å²) in [5, 5.41) is 2.96. The molecule has 0 saturated heterocycles. The summed E-state index contributed by atoms with van der Waals surface area (Å²) in [4.78, 5) is 20.4. The highest BCUT2D eigenvalue weighted by Crippen LogP contribution is 2.17. The minimum atomic E-state index is -3.81. The molecule has 1 aromatic heterocycles. The smallest absolute Gasteiger partial charge is 0.264 e. The van der Waals surface area contributed by atoms with Crippen LogP contribution in [0.2, 0.25) is 0 Å². The Hall–Kier alpha value is -3.52. The number of carbonyl (C=O) groups is 1. The zero-order chi connectivity index (χ0) is 21.7. The molecule has 8 heteroatoms. The molecular weight excluding hydrogens is 400 g/mol. The number of anilines is 2. The molecule has 1 heterocycles. The van der Waals surface area contributed by atoms with Crippen molar-refractivity contribution in [1.29, 1.82) is 0 Å². The highest BCUT2D eigenvalue weighted by Gasteiger charge is 2.16. The number of allylic oxidation sites excluding steroid dienone is 1. The summed E-state index contributed by atoms with van der Waals surface area (Å²) in [6.07, 6.45) is 2.95. The van der Waals surface area contributed by atoms with Crippen LogP contribution < -0.4 is 10.0 Å². The molecule has 3 rings (SSSR count). The number of sulfonamides is 1. The molecule has 0 amide bonds. The van der Waals surface area contributed by atoms with E-state index in [0.29, 0.717) is 22.6 Å². The van der Waals surface area contributed by atoms with Crippen molar-refractivity contribution >= 4 is 27.4 Å². The van der Waals surface area contributed by atoms with E-state index >= 15 is 0 Å². The monoisotopic (exact) mass is 422 g/mol. The van der Waals surface area contributed by atoms with Gasteiger partial charge in [-0.1, -0.05) is 29.8 Å². The largest absolute Gasteiger partial charge is 0.362 e. The minimum absolute atomic E-state index is 0.0345. The minimum Gasteiger partial charge on any atom is -0.362 e. The van der Waals surface area contributed by atoms with Gasteiger partial charge in [0.1, 0.15) is 0 Å². The van der Waals surface area contributed by atoms with Crippen LogP contribution in [0.5, 0.6) is 0 Å². The average Bonchev–Trinajstić information content (AvgIpc) is 2.67. The number of aryl methyl sites for hydroxylation is 3. The fraction of sp³-hybridized carbons (Fsp3) is 0.136. The number of rotatable bonds is 7. The molecule has 0 aliphatic carbocycles. The third-order valence-corrected chi connectivity index (χ3v) is 5.54. The summed E-state index contributed by atoms with van der Waals surface area (Å²) in [6, 6.07) is 15.2. The van der Waals surface area contributed by atoms with E-state index in [2.05, 4.69) is 20.0 Å². The first-order valence-electron chi connectivity index (χ1n) is 9.22. The molecule has 0 unspecified atom stereocenters. The van der Waals surface area contributed by atoms with Crippen LogP contribution in [0.3, 0.4) is 0 Å². The van der Waals surface area contributed by atoms with Crippen molar-refractivity contribution in [2.45, 2.75) is 25.7 Å². The summed E-state index contributed by atoms with van der Waals surface area (Å²) in [5.74, 6) is -0.0911. The number of carbonyl (C=O) groups excluding carboxylic acids is 1. The summed E-state index contributed by atoms with van der Waals surface area (Å²) in [7, 11) is -3.81. The van der Waals surface area contributed by atoms with Crippen molar-refractivity contribution < 1.29 is 13.2 Å². The van der Waals surface area contributed by atoms with E-state index in [9.17, 15) is 13.2 Å². The van der Waals surface area contributed by atoms with Gasteiger partial charge in [0.2, 0.25) is 5.95 Å². The van der Waals surface area contributed by atoms with E-state index in [0.717, 1.165) is 5.56 Å². The van der Waals surface area contributed by atoms with Gasteiger partial charge in [0.05, 0.1) is 4.90 Å². The molecule has 0 fully saturated rings. The highest BCUT2D eigenvalue weighted by atomic mass is 32.2. The van der Waals surface area contributed by atoms with Crippen molar-refractivity contribution in [3.63, 3.8) is 0 Å². The molecule has 3 aromatic rings. The van der Waals surface area contributed by atoms with Gasteiger partial charge in [-0.05, 0) is 51.1 Å². The van der Waals surface area contributed by atoms with Crippen LogP contribution in [0.25, 0.3) is 0 Å². The van der Waals surface area contributed by atoms with E-state index in [1.165, 1.54) is 24.4 Å². The summed E-state index contributed by atoms with van der Waals surface area (Å²) in [6.45, 7) is 5.49. The molecule has 0 bridgehead atoms. The van der Waals surface area contributed by atoms with Gasteiger partial charge < -0.3 is 5.32 Å². The summed E-state index contributed by atoms with van der Waals surface area (Å²) >= 11 is 0. The van der Waals surface area contributed by atoms with Crippen molar-refractivity contribution in [3.8, 4) is 0 Å². The molecule has 0 atom stereocenters. The Kier molecular flexibility index (Phi) is 6.27. The van der Waals surface area contributed by atoms with E-state index in [1.54, 1.807) is 44.2 Å². The Balaban J connectivity index is 1.65. The SMILES string of the molecule is Cc1ccc(C(=O)C=CNc2ccc(S(=O)(=O)Nc3nc(C)cc(C)n3)cc2)cc1. The van der Waals surface area contributed by atoms with E-state index in [4.69, 9.17) is 0 Å². The quantitative estimate of drug-likeness (QED) is 0.441. The maximum Gasteiger partial charge on any atom is 0.264 e. The lowest BCUT2D eigenvalue weighted by Crippen LogP contribution is -2.15. The number of aromatic nitrogens is 2. The third kappa shape index (κ3) is 5.51. The molecule has 0 saturated carbocycles. The van der Waals surface area contributed by atoms with Crippen LogP contribution in [0.4, 0.5) is 11.6 Å². The Labute approximate surface area is 176 Å². The van der Waals surface area contributed by atoms with Crippen molar-refractivity contribution in [1.82, 2.24) is 9.97 Å². The lowest BCUT2D eigenvalue weighted by atomic mass is 10.1. The molecule has 30 heavy (non-hydrogen) atoms. The van der Waals surface area contributed by atoms with Gasteiger partial charge in [0, 0.05) is 34.9 Å². The van der Waals surface area contributed by atoms with Crippen molar-refractivity contribution in [2.24, 2.45) is 0 Å². The normalized spacial score (nSPS) is 11.4. The van der Waals surface area contributed by atoms with Crippen molar-refractivity contribution in [3.05, 3.63) is 89.4 Å². The van der Waals surface area contributed by atoms with Gasteiger partial charge in [0.25, 0.3) is 10.0 Å². The number of benzene rings is 2. The lowest BCUT2D eigenvalue weighted by molar-refractivity contribution is 0.104.